The van der Waals surface area contributed by atoms with Crippen LogP contribution in [0.3, 0.4) is 0 Å². The zero-order valence-electron chi connectivity index (χ0n) is 49.6. The molecule has 0 amide bonds. The minimum Gasteiger partial charge on any atom is -0.462 e. The SMILES string of the molecule is CC/C=C\C/C=C\C/C=C\C/C=C\C/C=C\CCCCCCCCCC(=O)OCC(COC(=O)CCCCCCC/C=C\CCCCCC)OC(=O)CCCCCCCCCCC/C=C\CCCCCCCCCC. The molecule has 0 aliphatic carbocycles. The molecule has 0 rings (SSSR count). The molecular weight excluding hydrogens is 925 g/mol. The Labute approximate surface area is 465 Å². The van der Waals surface area contributed by atoms with Crippen LogP contribution >= 0.6 is 0 Å². The van der Waals surface area contributed by atoms with Crippen LogP contribution in [0.15, 0.2) is 85.1 Å². The number of carbonyl (C=O) groups is 3. The van der Waals surface area contributed by atoms with E-state index in [1.807, 2.05) is 0 Å². The summed E-state index contributed by atoms with van der Waals surface area (Å²) in [5.41, 5.74) is 0. The van der Waals surface area contributed by atoms with Gasteiger partial charge in [0.15, 0.2) is 6.10 Å². The van der Waals surface area contributed by atoms with E-state index in [4.69, 9.17) is 14.2 Å². The summed E-state index contributed by atoms with van der Waals surface area (Å²) in [4.78, 5) is 38.3. The second kappa shape index (κ2) is 63.1. The lowest BCUT2D eigenvalue weighted by atomic mass is 10.1. The number of unbranched alkanes of at least 4 members (excludes halogenated alkanes) is 33. The minimum absolute atomic E-state index is 0.0840. The van der Waals surface area contributed by atoms with Crippen LogP contribution in [0.1, 0.15) is 316 Å². The Morgan fingerprint density at radius 1 is 0.280 bits per heavy atom. The van der Waals surface area contributed by atoms with Crippen LogP contribution in [0.25, 0.3) is 0 Å². The lowest BCUT2D eigenvalue weighted by Crippen LogP contribution is -2.30. The predicted octanol–water partition coefficient (Wildman–Crippen LogP) is 21.9. The summed E-state index contributed by atoms with van der Waals surface area (Å²) in [5, 5.41) is 0. The highest BCUT2D eigenvalue weighted by molar-refractivity contribution is 5.71. The fraction of sp³-hybridized carbons (Fsp3) is 0.754. The summed E-state index contributed by atoms with van der Waals surface area (Å²) in [5.74, 6) is -0.894. The predicted molar refractivity (Wildman–Crippen MR) is 325 cm³/mol. The summed E-state index contributed by atoms with van der Waals surface area (Å²) in [6.45, 7) is 6.52. The molecule has 6 nitrogen and oxygen atoms in total. The van der Waals surface area contributed by atoms with Crippen molar-refractivity contribution in [2.75, 3.05) is 13.2 Å². The zero-order valence-corrected chi connectivity index (χ0v) is 49.6. The molecule has 0 fully saturated rings. The highest BCUT2D eigenvalue weighted by Crippen LogP contribution is 2.16. The summed E-state index contributed by atoms with van der Waals surface area (Å²) in [6.07, 6.45) is 83.0. The molecule has 0 aromatic rings. The molecule has 0 aliphatic heterocycles. The van der Waals surface area contributed by atoms with Crippen molar-refractivity contribution in [1.29, 1.82) is 0 Å². The molecule has 1 atom stereocenters. The average molecular weight is 1050 g/mol. The molecule has 0 spiro atoms. The smallest absolute Gasteiger partial charge is 0.306 e. The van der Waals surface area contributed by atoms with Crippen LogP contribution in [0, 0.1) is 0 Å². The maximum Gasteiger partial charge on any atom is 0.306 e. The molecular formula is C69H120O6. The summed E-state index contributed by atoms with van der Waals surface area (Å²) in [6, 6.07) is 0. The topological polar surface area (TPSA) is 78.9 Å². The number of ether oxygens (including phenoxy) is 3. The molecule has 432 valence electrons. The maximum atomic E-state index is 12.9. The Balaban J connectivity index is 4.36. The molecule has 0 aromatic heterocycles. The van der Waals surface area contributed by atoms with E-state index in [1.165, 1.54) is 173 Å². The number of hydrogen-bond acceptors (Lipinski definition) is 6. The van der Waals surface area contributed by atoms with Crippen molar-refractivity contribution >= 4 is 17.9 Å². The monoisotopic (exact) mass is 1040 g/mol. The number of hydrogen-bond donors (Lipinski definition) is 0. The minimum atomic E-state index is -0.787. The van der Waals surface area contributed by atoms with E-state index in [2.05, 4.69) is 106 Å². The van der Waals surface area contributed by atoms with Gasteiger partial charge in [0.25, 0.3) is 0 Å². The fourth-order valence-corrected chi connectivity index (χ4v) is 9.05. The molecule has 0 heterocycles. The summed E-state index contributed by atoms with van der Waals surface area (Å²) < 4.78 is 16.9. The first-order chi connectivity index (χ1) is 37.0. The van der Waals surface area contributed by atoms with Crippen molar-refractivity contribution in [2.45, 2.75) is 322 Å². The van der Waals surface area contributed by atoms with E-state index >= 15 is 0 Å². The Bertz CT molecular complexity index is 1430. The number of allylic oxidation sites excluding steroid dienone is 14. The van der Waals surface area contributed by atoms with Gasteiger partial charge < -0.3 is 14.2 Å². The van der Waals surface area contributed by atoms with Crippen molar-refractivity contribution in [3.8, 4) is 0 Å². The van der Waals surface area contributed by atoms with Crippen molar-refractivity contribution in [1.82, 2.24) is 0 Å². The molecule has 6 heteroatoms. The Morgan fingerprint density at radius 3 is 0.840 bits per heavy atom. The highest BCUT2D eigenvalue weighted by Gasteiger charge is 2.19. The van der Waals surface area contributed by atoms with E-state index in [1.54, 1.807) is 0 Å². The van der Waals surface area contributed by atoms with Gasteiger partial charge in [-0.05, 0) is 116 Å². The van der Waals surface area contributed by atoms with Gasteiger partial charge in [-0.3, -0.25) is 14.4 Å². The van der Waals surface area contributed by atoms with Gasteiger partial charge in [0.2, 0.25) is 0 Å². The highest BCUT2D eigenvalue weighted by atomic mass is 16.6. The first-order valence-electron chi connectivity index (χ1n) is 32.1. The Kier molecular flexibility index (Phi) is 60.3. The van der Waals surface area contributed by atoms with E-state index in [0.29, 0.717) is 19.3 Å². The normalized spacial score (nSPS) is 12.6. The zero-order chi connectivity index (χ0) is 54.3. The van der Waals surface area contributed by atoms with Crippen LogP contribution in [-0.2, 0) is 28.6 Å². The first-order valence-corrected chi connectivity index (χ1v) is 32.1. The van der Waals surface area contributed by atoms with Crippen LogP contribution in [-0.4, -0.2) is 37.2 Å². The van der Waals surface area contributed by atoms with Gasteiger partial charge in [0.05, 0.1) is 0 Å². The Hall–Kier alpha value is -3.41. The van der Waals surface area contributed by atoms with E-state index in [0.717, 1.165) is 103 Å². The Morgan fingerprint density at radius 2 is 0.520 bits per heavy atom. The van der Waals surface area contributed by atoms with Crippen LogP contribution in [0.2, 0.25) is 0 Å². The average Bonchev–Trinajstić information content (AvgIpc) is 3.41. The van der Waals surface area contributed by atoms with Gasteiger partial charge in [-0.2, -0.15) is 0 Å². The molecule has 0 radical (unpaired) electrons. The lowest BCUT2D eigenvalue weighted by molar-refractivity contribution is -0.167. The number of carbonyl (C=O) groups excluding carboxylic acids is 3. The van der Waals surface area contributed by atoms with Crippen LogP contribution in [0.4, 0.5) is 0 Å². The summed E-state index contributed by atoms with van der Waals surface area (Å²) in [7, 11) is 0. The maximum absolute atomic E-state index is 12.9. The van der Waals surface area contributed by atoms with Gasteiger partial charge in [-0.1, -0.05) is 266 Å². The van der Waals surface area contributed by atoms with Crippen molar-refractivity contribution in [3.63, 3.8) is 0 Å². The first kappa shape index (κ1) is 71.6. The summed E-state index contributed by atoms with van der Waals surface area (Å²) >= 11 is 0. The molecule has 0 saturated carbocycles. The standard InChI is InChI=1S/C69H120O6/c1-4-7-10-13-16-19-22-25-27-29-31-33-34-36-37-39-41-44-47-50-53-56-59-62-68(71)74-65-66(64-73-67(70)61-58-55-52-49-46-43-24-21-18-15-12-9-6-3)75-69(72)63-60-57-54-51-48-45-42-40-38-35-32-30-28-26-23-20-17-14-11-8-5-2/h7,10,16,19,21,24-25,27,30-33,36-37,66H,4-6,8-9,11-15,17-18,20,22-23,26,28-29,34-35,38-65H2,1-3H3/b10-7-,19-16-,24-21-,27-25-,32-30-,33-31-,37-36-. The molecule has 0 aromatic carbocycles. The van der Waals surface area contributed by atoms with E-state index < -0.39 is 6.10 Å². The third kappa shape index (κ3) is 61.3. The second-order valence-electron chi connectivity index (χ2n) is 21.3. The number of esters is 3. The third-order valence-corrected chi connectivity index (χ3v) is 13.9. The van der Waals surface area contributed by atoms with Gasteiger partial charge in [-0.25, -0.2) is 0 Å². The van der Waals surface area contributed by atoms with Crippen LogP contribution in [0.5, 0.6) is 0 Å². The molecule has 0 bridgehead atoms. The number of rotatable bonds is 58. The van der Waals surface area contributed by atoms with Gasteiger partial charge in [0.1, 0.15) is 13.2 Å². The van der Waals surface area contributed by atoms with E-state index in [-0.39, 0.29) is 31.1 Å². The molecule has 0 N–H and O–H groups in total. The second-order valence-corrected chi connectivity index (χ2v) is 21.3. The van der Waals surface area contributed by atoms with Gasteiger partial charge in [0, 0.05) is 19.3 Å². The van der Waals surface area contributed by atoms with Gasteiger partial charge in [-0.15, -0.1) is 0 Å². The van der Waals surface area contributed by atoms with Gasteiger partial charge >= 0.3 is 17.9 Å². The molecule has 0 aliphatic rings. The molecule has 0 saturated heterocycles. The molecule has 1 unspecified atom stereocenters. The quantitative estimate of drug-likeness (QED) is 0.0261. The fourth-order valence-electron chi connectivity index (χ4n) is 9.05. The van der Waals surface area contributed by atoms with E-state index in [9.17, 15) is 14.4 Å². The van der Waals surface area contributed by atoms with Crippen molar-refractivity contribution < 1.29 is 28.6 Å². The lowest BCUT2D eigenvalue weighted by Gasteiger charge is -2.18. The van der Waals surface area contributed by atoms with Crippen molar-refractivity contribution in [3.05, 3.63) is 85.1 Å². The van der Waals surface area contributed by atoms with Crippen LogP contribution < -0.4 is 0 Å². The largest absolute Gasteiger partial charge is 0.462 e. The van der Waals surface area contributed by atoms with Crippen molar-refractivity contribution in [2.24, 2.45) is 0 Å². The third-order valence-electron chi connectivity index (χ3n) is 13.9. The molecule has 75 heavy (non-hydrogen) atoms.